The molecular weight excluding hydrogens is 225 g/mol. The summed E-state index contributed by atoms with van der Waals surface area (Å²) >= 11 is 5.63. The molecule has 0 spiro atoms. The Labute approximate surface area is 99.8 Å². The van der Waals surface area contributed by atoms with E-state index in [1.54, 1.807) is 6.07 Å². The van der Waals surface area contributed by atoms with E-state index in [0.717, 1.165) is 31.2 Å². The Morgan fingerprint density at radius 1 is 1.38 bits per heavy atom. The largest absolute Gasteiger partial charge is 0.205 e. The van der Waals surface area contributed by atoms with Crippen LogP contribution in [0.15, 0.2) is 18.2 Å². The lowest BCUT2D eigenvalue weighted by Gasteiger charge is -2.19. The van der Waals surface area contributed by atoms with Gasteiger partial charge >= 0.3 is 0 Å². The molecular formula is C13H13ClFN. The molecule has 0 unspecified atom stereocenters. The Morgan fingerprint density at radius 3 is 2.62 bits per heavy atom. The first-order chi connectivity index (χ1) is 7.65. The lowest BCUT2D eigenvalue weighted by Crippen LogP contribution is -2.17. The van der Waals surface area contributed by atoms with E-state index < -0.39 is 5.82 Å². The standard InChI is InChI=1S/C13H13ClFN/c14-11-4-3-10(7-12(11)15)8-13(9-16)5-1-2-6-13/h3-4,7H,1-2,5-6,8H2. The van der Waals surface area contributed by atoms with Crippen molar-refractivity contribution in [2.24, 2.45) is 5.41 Å². The number of halogens is 2. The second-order valence-electron chi connectivity index (χ2n) is 4.52. The number of nitriles is 1. The second-order valence-corrected chi connectivity index (χ2v) is 4.93. The van der Waals surface area contributed by atoms with Crippen LogP contribution in [-0.2, 0) is 6.42 Å². The monoisotopic (exact) mass is 237 g/mol. The van der Waals surface area contributed by atoms with Crippen LogP contribution in [0.4, 0.5) is 4.39 Å². The van der Waals surface area contributed by atoms with E-state index in [0.29, 0.717) is 6.42 Å². The van der Waals surface area contributed by atoms with Gasteiger partial charge in [0, 0.05) is 0 Å². The van der Waals surface area contributed by atoms with Crippen molar-refractivity contribution in [2.45, 2.75) is 32.1 Å². The van der Waals surface area contributed by atoms with E-state index in [9.17, 15) is 9.65 Å². The highest BCUT2D eigenvalue weighted by Crippen LogP contribution is 2.40. The van der Waals surface area contributed by atoms with Crippen LogP contribution in [0.3, 0.4) is 0 Å². The van der Waals surface area contributed by atoms with E-state index in [-0.39, 0.29) is 10.4 Å². The fraction of sp³-hybridized carbons (Fsp3) is 0.462. The first-order valence-corrected chi connectivity index (χ1v) is 5.88. The summed E-state index contributed by atoms with van der Waals surface area (Å²) in [6, 6.07) is 7.22. The van der Waals surface area contributed by atoms with Crippen molar-refractivity contribution in [1.29, 1.82) is 5.26 Å². The molecule has 16 heavy (non-hydrogen) atoms. The molecule has 1 aliphatic rings. The Bertz CT molecular complexity index is 430. The van der Waals surface area contributed by atoms with Crippen LogP contribution in [0.2, 0.25) is 5.02 Å². The zero-order valence-electron chi connectivity index (χ0n) is 8.97. The molecule has 1 saturated carbocycles. The van der Waals surface area contributed by atoms with E-state index in [1.807, 2.05) is 6.07 Å². The summed E-state index contributed by atoms with van der Waals surface area (Å²) in [6.45, 7) is 0. The fourth-order valence-electron chi connectivity index (χ4n) is 2.42. The van der Waals surface area contributed by atoms with Gasteiger partial charge in [-0.25, -0.2) is 4.39 Å². The summed E-state index contributed by atoms with van der Waals surface area (Å²) < 4.78 is 13.3. The SMILES string of the molecule is N#CC1(Cc2ccc(Cl)c(F)c2)CCCC1. The molecule has 0 aromatic heterocycles. The average Bonchev–Trinajstić information content (AvgIpc) is 2.73. The third-order valence-corrected chi connectivity index (χ3v) is 3.63. The van der Waals surface area contributed by atoms with Gasteiger partial charge in [-0.15, -0.1) is 0 Å². The van der Waals surface area contributed by atoms with Gasteiger partial charge in [-0.1, -0.05) is 30.5 Å². The van der Waals surface area contributed by atoms with Gasteiger partial charge in [0.2, 0.25) is 0 Å². The van der Waals surface area contributed by atoms with Crippen molar-refractivity contribution in [3.8, 4) is 6.07 Å². The summed E-state index contributed by atoms with van der Waals surface area (Å²) in [5, 5.41) is 9.37. The number of hydrogen-bond donors (Lipinski definition) is 0. The summed E-state index contributed by atoms with van der Waals surface area (Å²) in [4.78, 5) is 0. The lowest BCUT2D eigenvalue weighted by atomic mass is 9.81. The molecule has 0 radical (unpaired) electrons. The van der Waals surface area contributed by atoms with Crippen molar-refractivity contribution in [3.05, 3.63) is 34.6 Å². The first kappa shape index (κ1) is 11.4. The summed E-state index contributed by atoms with van der Waals surface area (Å²) in [7, 11) is 0. The van der Waals surface area contributed by atoms with Gasteiger partial charge in [-0.05, 0) is 37.0 Å². The van der Waals surface area contributed by atoms with Gasteiger partial charge in [-0.3, -0.25) is 0 Å². The lowest BCUT2D eigenvalue weighted by molar-refractivity contribution is 0.407. The van der Waals surface area contributed by atoms with Crippen LogP contribution in [-0.4, -0.2) is 0 Å². The Kier molecular flexibility index (Phi) is 3.16. The molecule has 2 rings (SSSR count). The molecule has 0 amide bonds. The summed E-state index contributed by atoms with van der Waals surface area (Å²) in [5.74, 6) is -0.398. The topological polar surface area (TPSA) is 23.8 Å². The molecule has 0 aliphatic heterocycles. The summed E-state index contributed by atoms with van der Waals surface area (Å²) in [6.07, 6.45) is 4.69. The smallest absolute Gasteiger partial charge is 0.142 e. The minimum atomic E-state index is -0.398. The molecule has 0 saturated heterocycles. The zero-order valence-corrected chi connectivity index (χ0v) is 9.73. The molecule has 1 aromatic carbocycles. The van der Waals surface area contributed by atoms with Gasteiger partial charge in [0.1, 0.15) is 5.82 Å². The number of benzene rings is 1. The highest BCUT2D eigenvalue weighted by molar-refractivity contribution is 6.30. The van der Waals surface area contributed by atoms with E-state index in [1.165, 1.54) is 6.07 Å². The van der Waals surface area contributed by atoms with Crippen LogP contribution in [0, 0.1) is 22.6 Å². The molecule has 1 aliphatic carbocycles. The summed E-state index contributed by atoms with van der Waals surface area (Å²) in [5.41, 5.74) is 0.589. The Morgan fingerprint density at radius 2 is 2.06 bits per heavy atom. The molecule has 3 heteroatoms. The van der Waals surface area contributed by atoms with Crippen LogP contribution in [0.5, 0.6) is 0 Å². The molecule has 0 N–H and O–H groups in total. The highest BCUT2D eigenvalue weighted by atomic mass is 35.5. The predicted octanol–water partition coefficient (Wildman–Crippen LogP) is 4.11. The van der Waals surface area contributed by atoms with Crippen molar-refractivity contribution in [1.82, 2.24) is 0 Å². The van der Waals surface area contributed by atoms with Crippen LogP contribution >= 0.6 is 11.6 Å². The first-order valence-electron chi connectivity index (χ1n) is 5.50. The fourth-order valence-corrected chi connectivity index (χ4v) is 2.54. The molecule has 1 aromatic rings. The van der Waals surface area contributed by atoms with E-state index >= 15 is 0 Å². The number of rotatable bonds is 2. The maximum Gasteiger partial charge on any atom is 0.142 e. The van der Waals surface area contributed by atoms with Gasteiger partial charge in [-0.2, -0.15) is 5.26 Å². The maximum atomic E-state index is 13.3. The maximum absolute atomic E-state index is 13.3. The van der Waals surface area contributed by atoms with E-state index in [4.69, 9.17) is 11.6 Å². The normalized spacial score (nSPS) is 18.3. The third kappa shape index (κ3) is 2.20. The Balaban J connectivity index is 2.20. The average molecular weight is 238 g/mol. The predicted molar refractivity (Wildman–Crippen MR) is 61.6 cm³/mol. The minimum absolute atomic E-state index is 0.140. The minimum Gasteiger partial charge on any atom is -0.205 e. The third-order valence-electron chi connectivity index (χ3n) is 3.32. The van der Waals surface area contributed by atoms with Crippen LogP contribution in [0.1, 0.15) is 31.2 Å². The quantitative estimate of drug-likeness (QED) is 0.760. The van der Waals surface area contributed by atoms with E-state index in [2.05, 4.69) is 6.07 Å². The zero-order chi connectivity index (χ0) is 11.6. The molecule has 1 fully saturated rings. The van der Waals surface area contributed by atoms with Gasteiger partial charge in [0.25, 0.3) is 0 Å². The molecule has 0 atom stereocenters. The van der Waals surface area contributed by atoms with Crippen molar-refractivity contribution in [2.75, 3.05) is 0 Å². The van der Waals surface area contributed by atoms with Crippen LogP contribution < -0.4 is 0 Å². The number of hydrogen-bond acceptors (Lipinski definition) is 1. The van der Waals surface area contributed by atoms with Gasteiger partial charge < -0.3 is 0 Å². The van der Waals surface area contributed by atoms with Crippen molar-refractivity contribution >= 4 is 11.6 Å². The molecule has 0 bridgehead atoms. The highest BCUT2D eigenvalue weighted by Gasteiger charge is 2.34. The van der Waals surface area contributed by atoms with Gasteiger partial charge in [0.15, 0.2) is 0 Å². The van der Waals surface area contributed by atoms with Crippen molar-refractivity contribution in [3.63, 3.8) is 0 Å². The molecule has 1 nitrogen and oxygen atoms in total. The molecule has 84 valence electrons. The van der Waals surface area contributed by atoms with Crippen molar-refractivity contribution < 1.29 is 4.39 Å². The van der Waals surface area contributed by atoms with Gasteiger partial charge in [0.05, 0.1) is 16.5 Å². The van der Waals surface area contributed by atoms with Crippen LogP contribution in [0.25, 0.3) is 0 Å². The molecule has 0 heterocycles. The Hall–Kier alpha value is -1.07. The second kappa shape index (κ2) is 4.43. The number of nitrogens with zero attached hydrogens (tertiary/aromatic N) is 1.